The van der Waals surface area contributed by atoms with Gasteiger partial charge in [0.2, 0.25) is 0 Å². The Kier molecular flexibility index (Phi) is 5.51. The second kappa shape index (κ2) is 8.21. The zero-order valence-electron chi connectivity index (χ0n) is 14.9. The highest BCUT2D eigenvalue weighted by molar-refractivity contribution is 9.10. The Balaban J connectivity index is 1.53. The number of nitrogens with one attached hydrogen (secondary N) is 1. The van der Waals surface area contributed by atoms with Crippen LogP contribution in [0.2, 0.25) is 0 Å². The van der Waals surface area contributed by atoms with E-state index in [4.69, 9.17) is 9.47 Å². The maximum atomic E-state index is 11.5. The molecule has 146 valence electrons. The quantitative estimate of drug-likeness (QED) is 0.457. The van der Waals surface area contributed by atoms with Gasteiger partial charge in [-0.15, -0.1) is 0 Å². The zero-order valence-corrected chi connectivity index (χ0v) is 16.5. The highest BCUT2D eigenvalue weighted by Crippen LogP contribution is 2.32. The second-order valence-corrected chi connectivity index (χ2v) is 7.26. The number of morpholine rings is 1. The number of nitro groups is 1. The smallest absolute Gasteiger partial charge is 0.311 e. The summed E-state index contributed by atoms with van der Waals surface area (Å²) in [5.74, 6) is 0.766. The van der Waals surface area contributed by atoms with Crippen LogP contribution in [-0.2, 0) is 4.74 Å². The Bertz CT molecular complexity index is 1000. The van der Waals surface area contributed by atoms with Crippen LogP contribution in [0.15, 0.2) is 34.9 Å². The number of benzene rings is 1. The molecule has 0 spiro atoms. The number of H-pyrrole nitrogens is 1. The van der Waals surface area contributed by atoms with Gasteiger partial charge in [0, 0.05) is 41.9 Å². The van der Waals surface area contributed by atoms with Crippen LogP contribution in [0, 0.1) is 10.1 Å². The third-order valence-electron chi connectivity index (χ3n) is 4.50. The number of rotatable bonds is 6. The van der Waals surface area contributed by atoms with E-state index in [1.54, 1.807) is 18.3 Å². The topological polar surface area (TPSA) is 106 Å². The van der Waals surface area contributed by atoms with Gasteiger partial charge in [-0.2, -0.15) is 0 Å². The molecule has 4 rings (SSSR count). The fraction of sp³-hybridized carbons (Fsp3) is 0.333. The van der Waals surface area contributed by atoms with Gasteiger partial charge in [-0.3, -0.25) is 15.0 Å². The van der Waals surface area contributed by atoms with Crippen molar-refractivity contribution in [2.24, 2.45) is 0 Å². The highest BCUT2D eigenvalue weighted by Gasteiger charge is 2.19. The number of nitrogens with zero attached hydrogens (tertiary/aromatic N) is 4. The first kappa shape index (κ1) is 18.8. The molecule has 1 aliphatic heterocycles. The minimum absolute atomic E-state index is 0.0888. The first-order valence-corrected chi connectivity index (χ1v) is 9.62. The molecule has 0 radical (unpaired) electrons. The molecule has 28 heavy (non-hydrogen) atoms. The molecule has 1 fully saturated rings. The first-order chi connectivity index (χ1) is 13.6. The summed E-state index contributed by atoms with van der Waals surface area (Å²) >= 11 is 3.36. The minimum Gasteiger partial charge on any atom is -0.485 e. The molecule has 3 aromatic rings. The van der Waals surface area contributed by atoms with Gasteiger partial charge in [0.05, 0.1) is 18.1 Å². The number of aromatic nitrogens is 3. The van der Waals surface area contributed by atoms with E-state index >= 15 is 0 Å². The van der Waals surface area contributed by atoms with Crippen LogP contribution < -0.4 is 4.74 Å². The van der Waals surface area contributed by atoms with Gasteiger partial charge in [0.1, 0.15) is 17.9 Å². The molecular weight excluding hydrogens is 430 g/mol. The Morgan fingerprint density at radius 1 is 1.32 bits per heavy atom. The number of ether oxygens (including phenoxy) is 2. The lowest BCUT2D eigenvalue weighted by Gasteiger charge is -2.26. The summed E-state index contributed by atoms with van der Waals surface area (Å²) in [6.45, 7) is 4.19. The van der Waals surface area contributed by atoms with Crippen LogP contribution in [0.4, 0.5) is 5.69 Å². The number of aromatic amines is 1. The van der Waals surface area contributed by atoms with Gasteiger partial charge in [-0.1, -0.05) is 0 Å². The monoisotopic (exact) mass is 447 g/mol. The lowest BCUT2D eigenvalue weighted by atomic mass is 10.2. The van der Waals surface area contributed by atoms with Crippen molar-refractivity contribution in [3.63, 3.8) is 0 Å². The summed E-state index contributed by atoms with van der Waals surface area (Å²) < 4.78 is 11.8. The van der Waals surface area contributed by atoms with Gasteiger partial charge in [0.25, 0.3) is 0 Å². The molecule has 1 aliphatic rings. The Morgan fingerprint density at radius 3 is 2.93 bits per heavy atom. The van der Waals surface area contributed by atoms with E-state index in [2.05, 4.69) is 35.8 Å². The molecule has 0 aliphatic carbocycles. The van der Waals surface area contributed by atoms with Crippen molar-refractivity contribution in [3.8, 4) is 17.1 Å². The van der Waals surface area contributed by atoms with Gasteiger partial charge < -0.3 is 14.5 Å². The predicted molar refractivity (Wildman–Crippen MR) is 106 cm³/mol. The normalized spacial score (nSPS) is 15.0. The van der Waals surface area contributed by atoms with Crippen LogP contribution in [0.25, 0.3) is 22.6 Å². The summed E-state index contributed by atoms with van der Waals surface area (Å²) in [5, 5.41) is 11.5. The fourth-order valence-corrected chi connectivity index (χ4v) is 3.37. The van der Waals surface area contributed by atoms with Crippen molar-refractivity contribution >= 4 is 32.8 Å². The van der Waals surface area contributed by atoms with E-state index in [9.17, 15) is 10.1 Å². The fourth-order valence-electron chi connectivity index (χ4n) is 3.05. The summed E-state index contributed by atoms with van der Waals surface area (Å²) in [4.78, 5) is 25.1. The molecule has 1 saturated heterocycles. The molecule has 0 unspecified atom stereocenters. The maximum absolute atomic E-state index is 11.5. The van der Waals surface area contributed by atoms with E-state index in [1.807, 2.05) is 6.07 Å². The van der Waals surface area contributed by atoms with Crippen LogP contribution in [-0.4, -0.2) is 64.2 Å². The molecular formula is C18H18BrN5O4. The van der Waals surface area contributed by atoms with Crippen molar-refractivity contribution in [1.29, 1.82) is 0 Å². The van der Waals surface area contributed by atoms with Crippen molar-refractivity contribution in [2.75, 3.05) is 39.5 Å². The van der Waals surface area contributed by atoms with E-state index in [1.165, 1.54) is 6.07 Å². The Morgan fingerprint density at radius 2 is 2.14 bits per heavy atom. The van der Waals surface area contributed by atoms with Crippen molar-refractivity contribution in [2.45, 2.75) is 0 Å². The first-order valence-electron chi connectivity index (χ1n) is 8.83. The number of hydrogen-bond donors (Lipinski definition) is 1. The molecule has 2 aromatic heterocycles. The number of hydrogen-bond acceptors (Lipinski definition) is 7. The predicted octanol–water partition coefficient (Wildman–Crippen LogP) is 3.01. The van der Waals surface area contributed by atoms with Crippen LogP contribution in [0.5, 0.6) is 5.75 Å². The second-order valence-electron chi connectivity index (χ2n) is 6.35. The summed E-state index contributed by atoms with van der Waals surface area (Å²) in [5.41, 5.74) is 1.81. The zero-order chi connectivity index (χ0) is 19.5. The average Bonchev–Trinajstić information content (AvgIpc) is 3.12. The van der Waals surface area contributed by atoms with Gasteiger partial charge in [-0.25, -0.2) is 9.97 Å². The van der Waals surface area contributed by atoms with Crippen molar-refractivity contribution < 1.29 is 14.4 Å². The van der Waals surface area contributed by atoms with Crippen molar-refractivity contribution in [1.82, 2.24) is 19.9 Å². The number of nitro benzene ring substituents is 1. The van der Waals surface area contributed by atoms with Crippen molar-refractivity contribution in [3.05, 3.63) is 45.0 Å². The van der Waals surface area contributed by atoms with Crippen LogP contribution in [0.1, 0.15) is 0 Å². The van der Waals surface area contributed by atoms with E-state index in [0.29, 0.717) is 48.9 Å². The van der Waals surface area contributed by atoms with Crippen LogP contribution >= 0.6 is 15.9 Å². The summed E-state index contributed by atoms with van der Waals surface area (Å²) in [6.07, 6.45) is 1.66. The third-order valence-corrected chi connectivity index (χ3v) is 4.93. The van der Waals surface area contributed by atoms with Crippen LogP contribution in [0.3, 0.4) is 0 Å². The number of halogens is 1. The minimum atomic E-state index is -0.439. The highest BCUT2D eigenvalue weighted by atomic mass is 79.9. The Labute approximate surface area is 169 Å². The SMILES string of the molecule is O=[N+]([O-])c1cc(-c2nc3cc(Br)cnc3[nH]2)ccc1OCCN1CCOCC1. The van der Waals surface area contributed by atoms with Gasteiger partial charge in [0.15, 0.2) is 11.4 Å². The van der Waals surface area contributed by atoms with E-state index in [0.717, 1.165) is 17.6 Å². The molecule has 9 nitrogen and oxygen atoms in total. The van der Waals surface area contributed by atoms with E-state index in [-0.39, 0.29) is 11.4 Å². The molecule has 0 atom stereocenters. The van der Waals surface area contributed by atoms with Gasteiger partial charge >= 0.3 is 5.69 Å². The molecule has 1 aromatic carbocycles. The summed E-state index contributed by atoms with van der Waals surface area (Å²) in [7, 11) is 0. The van der Waals surface area contributed by atoms with E-state index < -0.39 is 4.92 Å². The average molecular weight is 448 g/mol. The maximum Gasteiger partial charge on any atom is 0.311 e. The Hall–Kier alpha value is -2.56. The van der Waals surface area contributed by atoms with Gasteiger partial charge in [-0.05, 0) is 34.1 Å². The lowest BCUT2D eigenvalue weighted by Crippen LogP contribution is -2.38. The molecule has 0 saturated carbocycles. The standard InChI is InChI=1S/C18H18BrN5O4/c19-13-10-14-18(20-11-13)22-17(21-14)12-1-2-16(15(9-12)24(25)26)28-8-5-23-3-6-27-7-4-23/h1-2,9-11H,3-8H2,(H,20,21,22). The molecule has 0 bridgehead atoms. The molecule has 3 heterocycles. The molecule has 1 N–H and O–H groups in total. The molecule has 10 heteroatoms. The lowest BCUT2D eigenvalue weighted by molar-refractivity contribution is -0.385. The third kappa shape index (κ3) is 4.13. The number of imidazole rings is 1. The summed E-state index contributed by atoms with van der Waals surface area (Å²) in [6, 6.07) is 6.67. The molecule has 0 amide bonds. The number of fused-ring (bicyclic) bond motifs is 1. The largest absolute Gasteiger partial charge is 0.485 e. The number of pyridine rings is 1.